The molecule has 0 saturated heterocycles. The van der Waals surface area contributed by atoms with Crippen molar-refractivity contribution in [3.8, 4) is 6.07 Å². The van der Waals surface area contributed by atoms with E-state index in [0.717, 1.165) is 3.97 Å². The summed E-state index contributed by atoms with van der Waals surface area (Å²) in [7, 11) is -2.88. The molecule has 0 bridgehead atoms. The molecule has 1 amide bonds. The molecule has 1 saturated carbocycles. The number of hydrogen-bond donors (Lipinski definition) is 1. The fraction of sp³-hybridized carbons (Fsp3) is 0.370. The third-order valence-corrected chi connectivity index (χ3v) is 9.07. The van der Waals surface area contributed by atoms with Crippen molar-refractivity contribution in [2.45, 2.75) is 55.3 Å². The number of carbonyl (C=O) groups is 2. The Kier molecular flexibility index (Phi) is 7.67. The Morgan fingerprint density at radius 3 is 2.48 bits per heavy atom. The van der Waals surface area contributed by atoms with E-state index in [-0.39, 0.29) is 27.8 Å². The number of rotatable bonds is 7. The fourth-order valence-corrected chi connectivity index (χ4v) is 6.71. The van der Waals surface area contributed by atoms with Gasteiger partial charge in [-0.05, 0) is 49.8 Å². The molecule has 0 radical (unpaired) electrons. The van der Waals surface area contributed by atoms with Gasteiger partial charge in [0.1, 0.15) is 5.52 Å². The molecule has 1 unspecified atom stereocenters. The Balaban J connectivity index is 1.72. The molecule has 42 heavy (non-hydrogen) atoms. The quantitative estimate of drug-likeness (QED) is 0.310. The van der Waals surface area contributed by atoms with Gasteiger partial charge in [-0.2, -0.15) is 18.4 Å². The first kappa shape index (κ1) is 29.1. The zero-order valence-electron chi connectivity index (χ0n) is 22.2. The van der Waals surface area contributed by atoms with Gasteiger partial charge < -0.3 is 14.6 Å². The second-order valence-electron chi connectivity index (χ2n) is 9.93. The number of nitrogens with zero attached hydrogens (tertiary/aromatic N) is 5. The number of ether oxygens (including phenoxy) is 1. The minimum atomic E-state index is -5.36. The Morgan fingerprint density at radius 2 is 1.86 bits per heavy atom. The highest BCUT2D eigenvalue weighted by atomic mass is 32.2. The first-order valence-corrected chi connectivity index (χ1v) is 14.5. The Hall–Kier alpha value is -4.45. The second-order valence-corrected chi connectivity index (χ2v) is 11.7. The van der Waals surface area contributed by atoms with Gasteiger partial charge in [0.2, 0.25) is 6.10 Å². The number of fused-ring (bicyclic) bond motifs is 3. The summed E-state index contributed by atoms with van der Waals surface area (Å²) >= 11 is 0. The van der Waals surface area contributed by atoms with E-state index in [1.807, 2.05) is 0 Å². The maximum Gasteiger partial charge on any atom is 0.490 e. The summed E-state index contributed by atoms with van der Waals surface area (Å²) in [5, 5.41) is 11.7. The second kappa shape index (κ2) is 11.1. The van der Waals surface area contributed by atoms with Gasteiger partial charge in [-0.1, -0.05) is 18.2 Å². The zero-order valence-corrected chi connectivity index (χ0v) is 23.0. The number of likely N-dealkylation sites (N-methyl/N-ethyl adjacent to an activating group) is 1. The van der Waals surface area contributed by atoms with E-state index in [1.165, 1.54) is 37.6 Å². The molecule has 0 spiro atoms. The average Bonchev–Trinajstić information content (AvgIpc) is 3.58. The number of pyridine rings is 1. The fourth-order valence-electron chi connectivity index (χ4n) is 5.38. The Morgan fingerprint density at radius 1 is 1.17 bits per heavy atom. The van der Waals surface area contributed by atoms with Gasteiger partial charge in [0, 0.05) is 31.1 Å². The van der Waals surface area contributed by atoms with Crippen molar-refractivity contribution >= 4 is 44.0 Å². The summed E-state index contributed by atoms with van der Waals surface area (Å²) in [6, 6.07) is 11.0. The van der Waals surface area contributed by atoms with Crippen LogP contribution in [0.3, 0.4) is 0 Å². The van der Waals surface area contributed by atoms with Crippen LogP contribution in [-0.2, 0) is 24.3 Å². The third kappa shape index (κ3) is 5.18. The number of nitriles is 1. The van der Waals surface area contributed by atoms with Crippen molar-refractivity contribution in [3.63, 3.8) is 0 Å². The number of carbonyl (C=O) groups excluding carboxylic acids is 2. The maximum atomic E-state index is 13.4. The molecule has 220 valence electrons. The number of esters is 1. The molecule has 1 aromatic carbocycles. The summed E-state index contributed by atoms with van der Waals surface area (Å²) in [6.07, 6.45) is -2.25. The molecular formula is C27H25F3N6O5S. The average molecular weight is 603 g/mol. The molecule has 1 fully saturated rings. The summed E-state index contributed by atoms with van der Waals surface area (Å²) in [4.78, 5) is 33.4. The number of halogens is 3. The highest BCUT2D eigenvalue weighted by molar-refractivity contribution is 7.90. The van der Waals surface area contributed by atoms with Gasteiger partial charge in [-0.3, -0.25) is 4.79 Å². The molecule has 3 heterocycles. The van der Waals surface area contributed by atoms with Gasteiger partial charge in [-0.15, -0.1) is 0 Å². The number of aromatic nitrogens is 4. The normalized spacial score (nSPS) is 18.5. The van der Waals surface area contributed by atoms with Crippen LogP contribution in [0, 0.1) is 17.2 Å². The van der Waals surface area contributed by atoms with Crippen LogP contribution in [0.4, 0.5) is 13.2 Å². The van der Waals surface area contributed by atoms with Gasteiger partial charge >= 0.3 is 12.1 Å². The van der Waals surface area contributed by atoms with Crippen LogP contribution in [0.25, 0.3) is 22.1 Å². The topological polar surface area (TPSA) is 149 Å². The number of nitrogens with one attached hydrogen (secondary N) is 1. The molecule has 11 nitrogen and oxygen atoms in total. The van der Waals surface area contributed by atoms with Gasteiger partial charge in [-0.25, -0.2) is 27.2 Å². The lowest BCUT2D eigenvalue weighted by Crippen LogP contribution is -2.36. The van der Waals surface area contributed by atoms with Crippen molar-refractivity contribution in [2.24, 2.45) is 5.92 Å². The van der Waals surface area contributed by atoms with Crippen LogP contribution in [0.2, 0.25) is 0 Å². The summed E-state index contributed by atoms with van der Waals surface area (Å²) in [5.74, 6) is -3.72. The van der Waals surface area contributed by atoms with E-state index in [2.05, 4.69) is 26.1 Å². The van der Waals surface area contributed by atoms with Gasteiger partial charge in [0.05, 0.1) is 22.7 Å². The highest BCUT2D eigenvalue weighted by Gasteiger charge is 2.45. The van der Waals surface area contributed by atoms with Crippen molar-refractivity contribution in [1.82, 2.24) is 23.8 Å². The standard InChI is InChI=1S/C27H25F3N6O5S/c1-32-25(37)22(41-26(38)27(28,29)30)24-34-20-15-33-23-19(12-14-35(23)42(39,40)18-5-3-2-4-6-18)21(20)36(24)17-9-7-16(8-10-17)11-13-31/h2-6,12,14-17,22H,7-11H2,1H3,(H,32,37). The predicted octanol–water partition coefficient (Wildman–Crippen LogP) is 4.16. The monoisotopic (exact) mass is 602 g/mol. The summed E-state index contributed by atoms with van der Waals surface area (Å²) < 4.78 is 73.7. The lowest BCUT2D eigenvalue weighted by molar-refractivity contribution is -0.206. The number of imidazole rings is 1. The number of hydrogen-bond acceptors (Lipinski definition) is 8. The molecule has 5 rings (SSSR count). The van der Waals surface area contributed by atoms with Crippen LogP contribution in [-0.4, -0.2) is 52.0 Å². The van der Waals surface area contributed by atoms with Crippen molar-refractivity contribution in [2.75, 3.05) is 7.05 Å². The molecule has 1 aliphatic carbocycles. The van der Waals surface area contributed by atoms with Crippen molar-refractivity contribution in [3.05, 3.63) is 54.6 Å². The smallest absolute Gasteiger partial charge is 0.437 e. The molecule has 1 atom stereocenters. The number of benzene rings is 1. The van der Waals surface area contributed by atoms with E-state index in [4.69, 9.17) is 5.26 Å². The van der Waals surface area contributed by atoms with Crippen LogP contribution in [0.5, 0.6) is 0 Å². The van der Waals surface area contributed by atoms with Crippen LogP contribution in [0.15, 0.2) is 53.7 Å². The first-order chi connectivity index (χ1) is 20.0. The lowest BCUT2D eigenvalue weighted by atomic mass is 9.84. The van der Waals surface area contributed by atoms with E-state index in [0.29, 0.717) is 43.0 Å². The van der Waals surface area contributed by atoms with E-state index >= 15 is 0 Å². The maximum absolute atomic E-state index is 13.4. The summed E-state index contributed by atoms with van der Waals surface area (Å²) in [6.45, 7) is 0. The van der Waals surface area contributed by atoms with Crippen molar-refractivity contribution in [1.29, 1.82) is 5.26 Å². The minimum absolute atomic E-state index is 0.0214. The van der Waals surface area contributed by atoms with E-state index < -0.39 is 40.2 Å². The highest BCUT2D eigenvalue weighted by Crippen LogP contribution is 2.40. The number of alkyl halides is 3. The first-order valence-electron chi connectivity index (χ1n) is 13.0. The number of amides is 1. The SMILES string of the molecule is CNC(=O)C(OC(=O)C(F)(F)F)c1nc2cnc3c(ccn3S(=O)(=O)c3ccccc3)c2n1C1CCC(CC#N)CC1. The molecule has 15 heteroatoms. The molecule has 1 aliphatic rings. The Bertz CT molecular complexity index is 1800. The van der Waals surface area contributed by atoms with E-state index in [1.54, 1.807) is 22.8 Å². The van der Waals surface area contributed by atoms with Gasteiger partial charge in [0.15, 0.2) is 11.5 Å². The van der Waals surface area contributed by atoms with Gasteiger partial charge in [0.25, 0.3) is 15.9 Å². The third-order valence-electron chi connectivity index (χ3n) is 7.39. The van der Waals surface area contributed by atoms with E-state index in [9.17, 15) is 31.2 Å². The summed E-state index contributed by atoms with van der Waals surface area (Å²) in [5.41, 5.74) is 0.544. The molecule has 4 aromatic rings. The largest absolute Gasteiger partial charge is 0.490 e. The molecule has 1 N–H and O–H groups in total. The molecule has 3 aromatic heterocycles. The Labute approximate surface area is 238 Å². The predicted molar refractivity (Wildman–Crippen MR) is 142 cm³/mol. The lowest BCUT2D eigenvalue weighted by Gasteiger charge is -2.31. The zero-order chi connectivity index (χ0) is 30.2. The minimum Gasteiger partial charge on any atom is -0.437 e. The van der Waals surface area contributed by atoms with Crippen LogP contribution >= 0.6 is 0 Å². The molecular weight excluding hydrogens is 577 g/mol. The molecule has 0 aliphatic heterocycles. The van der Waals surface area contributed by atoms with Crippen molar-refractivity contribution < 1.29 is 35.9 Å². The van der Waals surface area contributed by atoms with Crippen LogP contribution < -0.4 is 5.32 Å². The van der Waals surface area contributed by atoms with Crippen LogP contribution in [0.1, 0.15) is 50.1 Å².